The zero-order valence-electron chi connectivity index (χ0n) is 15.2. The van der Waals surface area contributed by atoms with Crippen LogP contribution in [0.3, 0.4) is 0 Å². The topological polar surface area (TPSA) is 33.0 Å². The zero-order valence-corrected chi connectivity index (χ0v) is 16.2. The lowest BCUT2D eigenvalue weighted by atomic mass is 10.00. The summed E-state index contributed by atoms with van der Waals surface area (Å²) in [5, 5.41) is 10.6. The fraction of sp³-hybridized carbons (Fsp3) is 0.381. The summed E-state index contributed by atoms with van der Waals surface area (Å²) in [5.74, 6) is 0.954. The van der Waals surface area contributed by atoms with Crippen LogP contribution in [-0.4, -0.2) is 14.7 Å². The van der Waals surface area contributed by atoms with E-state index in [0.29, 0.717) is 6.61 Å². The van der Waals surface area contributed by atoms with Gasteiger partial charge in [0.25, 0.3) is 0 Å². The van der Waals surface area contributed by atoms with Crippen molar-refractivity contribution >= 4 is 13.3 Å². The van der Waals surface area contributed by atoms with Crippen LogP contribution in [0.4, 0.5) is 0 Å². The first-order valence-electron chi connectivity index (χ1n) is 8.70. The monoisotopic (exact) mass is 337 g/mol. The smallest absolute Gasteiger partial charge is 0.119 e. The minimum Gasteiger partial charge on any atom is -0.494 e. The van der Waals surface area contributed by atoms with Crippen molar-refractivity contribution in [3.8, 4) is 11.8 Å². The number of benzene rings is 2. The van der Waals surface area contributed by atoms with E-state index >= 15 is 0 Å². The molecule has 0 atom stereocenters. The van der Waals surface area contributed by atoms with E-state index in [1.54, 1.807) is 0 Å². The molecule has 0 spiro atoms. The highest BCUT2D eigenvalue weighted by Gasteiger charge is 2.22. The molecule has 24 heavy (non-hydrogen) atoms. The second-order valence-corrected chi connectivity index (χ2v) is 11.7. The number of aryl methyl sites for hydroxylation is 1. The molecule has 2 aromatic rings. The molecule has 0 aliphatic rings. The predicted molar refractivity (Wildman–Crippen MR) is 104 cm³/mol. The van der Waals surface area contributed by atoms with E-state index in [9.17, 15) is 0 Å². The molecular weight excluding hydrogens is 310 g/mol. The Morgan fingerprint density at radius 2 is 1.79 bits per heavy atom. The van der Waals surface area contributed by atoms with Gasteiger partial charge in [-0.25, -0.2) is 0 Å². The molecule has 126 valence electrons. The quantitative estimate of drug-likeness (QED) is 0.679. The fourth-order valence-electron chi connectivity index (χ4n) is 3.11. The molecule has 0 N–H and O–H groups in total. The molecule has 0 aromatic heterocycles. The van der Waals surface area contributed by atoms with Gasteiger partial charge in [0.2, 0.25) is 0 Å². The van der Waals surface area contributed by atoms with Crippen molar-refractivity contribution in [2.24, 2.45) is 0 Å². The van der Waals surface area contributed by atoms with E-state index in [0.717, 1.165) is 23.3 Å². The molecule has 2 aromatic carbocycles. The van der Waals surface area contributed by atoms with Crippen LogP contribution in [0.15, 0.2) is 42.5 Å². The standard InChI is InChI=1S/C21H27NOSi/c1-5-23-20-11-13-21(14-12-20)24(3,4)15-7-10-18-8-6-9-19(16-22)17(18)2/h6,8-9,11-14H,5,7,10,15H2,1-4H3. The van der Waals surface area contributed by atoms with E-state index in [4.69, 9.17) is 10.00 Å². The predicted octanol–water partition coefficient (Wildman–Crippen LogP) is 4.81. The Bertz CT molecular complexity index is 714. The summed E-state index contributed by atoms with van der Waals surface area (Å²) in [6.07, 6.45) is 2.22. The molecule has 3 heteroatoms. The van der Waals surface area contributed by atoms with Crippen molar-refractivity contribution in [1.29, 1.82) is 5.26 Å². The number of rotatable bonds is 7. The highest BCUT2D eigenvalue weighted by Crippen LogP contribution is 2.20. The maximum Gasteiger partial charge on any atom is 0.119 e. The molecule has 0 fully saturated rings. The largest absolute Gasteiger partial charge is 0.494 e. The van der Waals surface area contributed by atoms with Gasteiger partial charge in [0, 0.05) is 0 Å². The molecule has 0 bridgehead atoms. The first kappa shape index (κ1) is 18.3. The molecule has 0 radical (unpaired) electrons. The van der Waals surface area contributed by atoms with Crippen molar-refractivity contribution < 1.29 is 4.74 Å². The van der Waals surface area contributed by atoms with Crippen molar-refractivity contribution in [2.75, 3.05) is 6.61 Å². The zero-order chi connectivity index (χ0) is 17.6. The Hall–Kier alpha value is -2.05. The van der Waals surface area contributed by atoms with Crippen LogP contribution in [0.25, 0.3) is 0 Å². The second-order valence-electron chi connectivity index (χ2n) is 6.90. The van der Waals surface area contributed by atoms with Crippen LogP contribution in [0.2, 0.25) is 19.1 Å². The summed E-state index contributed by atoms with van der Waals surface area (Å²) in [6.45, 7) is 9.64. The van der Waals surface area contributed by atoms with Gasteiger partial charge in [0.1, 0.15) is 5.75 Å². The molecular formula is C21H27NOSi. The Kier molecular flexibility index (Phi) is 6.22. The average Bonchev–Trinajstić information content (AvgIpc) is 2.57. The molecule has 0 unspecified atom stereocenters. The molecule has 0 amide bonds. The molecule has 0 heterocycles. The summed E-state index contributed by atoms with van der Waals surface area (Å²) in [4.78, 5) is 0. The van der Waals surface area contributed by atoms with Crippen LogP contribution in [-0.2, 0) is 6.42 Å². The van der Waals surface area contributed by atoms with Crippen LogP contribution in [0.1, 0.15) is 30.0 Å². The summed E-state index contributed by atoms with van der Waals surface area (Å²) in [5.41, 5.74) is 3.25. The lowest BCUT2D eigenvalue weighted by Gasteiger charge is -2.23. The minimum absolute atomic E-state index is 0.710. The van der Waals surface area contributed by atoms with E-state index in [1.165, 1.54) is 23.2 Å². The average molecular weight is 338 g/mol. The first-order chi connectivity index (χ1) is 11.5. The van der Waals surface area contributed by atoms with Crippen LogP contribution in [0.5, 0.6) is 5.75 Å². The van der Waals surface area contributed by atoms with Crippen LogP contribution < -0.4 is 9.92 Å². The summed E-state index contributed by atoms with van der Waals surface area (Å²) >= 11 is 0. The van der Waals surface area contributed by atoms with E-state index in [2.05, 4.69) is 56.4 Å². The maximum absolute atomic E-state index is 9.15. The SMILES string of the molecule is CCOc1ccc([Si](C)(C)CCCc2cccc(C#N)c2C)cc1. The minimum atomic E-state index is -1.44. The van der Waals surface area contributed by atoms with E-state index < -0.39 is 8.07 Å². The number of nitrogens with zero attached hydrogens (tertiary/aromatic N) is 1. The molecule has 0 saturated carbocycles. The number of hydrogen-bond acceptors (Lipinski definition) is 2. The molecule has 0 aliphatic carbocycles. The van der Waals surface area contributed by atoms with Gasteiger partial charge >= 0.3 is 0 Å². The third-order valence-corrected chi connectivity index (χ3v) is 8.26. The third-order valence-electron chi connectivity index (χ3n) is 4.76. The first-order valence-corrected chi connectivity index (χ1v) is 11.9. The number of nitriles is 1. The maximum atomic E-state index is 9.15. The number of ether oxygens (including phenoxy) is 1. The van der Waals surface area contributed by atoms with Crippen molar-refractivity contribution in [2.45, 2.75) is 45.8 Å². The van der Waals surface area contributed by atoms with Gasteiger partial charge < -0.3 is 4.74 Å². The Morgan fingerprint density at radius 1 is 1.08 bits per heavy atom. The Labute approximate surface area is 147 Å². The molecule has 0 aliphatic heterocycles. The summed E-state index contributed by atoms with van der Waals surface area (Å²) in [6, 6.07) is 18.2. The van der Waals surface area contributed by atoms with Crippen molar-refractivity contribution in [3.63, 3.8) is 0 Å². The van der Waals surface area contributed by atoms with Crippen molar-refractivity contribution in [1.82, 2.24) is 0 Å². The van der Waals surface area contributed by atoms with Crippen LogP contribution in [0, 0.1) is 18.3 Å². The van der Waals surface area contributed by atoms with Crippen molar-refractivity contribution in [3.05, 3.63) is 59.2 Å². The third kappa shape index (κ3) is 4.49. The molecule has 2 nitrogen and oxygen atoms in total. The fourth-order valence-corrected chi connectivity index (χ4v) is 5.53. The summed E-state index contributed by atoms with van der Waals surface area (Å²) < 4.78 is 5.54. The Morgan fingerprint density at radius 3 is 2.42 bits per heavy atom. The summed E-state index contributed by atoms with van der Waals surface area (Å²) in [7, 11) is -1.44. The highest BCUT2D eigenvalue weighted by atomic mass is 28.3. The van der Waals surface area contributed by atoms with E-state index in [-0.39, 0.29) is 0 Å². The Balaban J connectivity index is 1.99. The van der Waals surface area contributed by atoms with Crippen LogP contribution >= 0.6 is 0 Å². The van der Waals surface area contributed by atoms with Gasteiger partial charge in [-0.15, -0.1) is 0 Å². The van der Waals surface area contributed by atoms with Gasteiger partial charge in [0.05, 0.1) is 26.3 Å². The van der Waals surface area contributed by atoms with Gasteiger partial charge in [0.15, 0.2) is 0 Å². The normalized spacial score (nSPS) is 11.1. The lowest BCUT2D eigenvalue weighted by Crippen LogP contribution is -2.41. The second kappa shape index (κ2) is 8.17. The van der Waals surface area contributed by atoms with Gasteiger partial charge in [-0.3, -0.25) is 0 Å². The van der Waals surface area contributed by atoms with Gasteiger partial charge in [-0.2, -0.15) is 5.26 Å². The van der Waals surface area contributed by atoms with Gasteiger partial charge in [-0.1, -0.05) is 55.0 Å². The molecule has 2 rings (SSSR count). The molecule has 0 saturated heterocycles. The highest BCUT2D eigenvalue weighted by molar-refractivity contribution is 6.89. The van der Waals surface area contributed by atoms with Gasteiger partial charge in [-0.05, 0) is 49.6 Å². The lowest BCUT2D eigenvalue weighted by molar-refractivity contribution is 0.340. The number of hydrogen-bond donors (Lipinski definition) is 0. The van der Waals surface area contributed by atoms with E-state index in [1.807, 2.05) is 19.1 Å².